The van der Waals surface area contributed by atoms with Crippen molar-refractivity contribution in [3.63, 3.8) is 0 Å². The van der Waals surface area contributed by atoms with Gasteiger partial charge in [-0.1, -0.05) is 18.2 Å². The summed E-state index contributed by atoms with van der Waals surface area (Å²) in [5.74, 6) is -0.549. The molecule has 1 aromatic carbocycles. The Morgan fingerprint density at radius 1 is 1.14 bits per heavy atom. The van der Waals surface area contributed by atoms with Gasteiger partial charge < -0.3 is 9.15 Å². The van der Waals surface area contributed by atoms with Crippen LogP contribution in [0.5, 0.6) is 0 Å². The summed E-state index contributed by atoms with van der Waals surface area (Å²) in [5.41, 5.74) is 1.65. The summed E-state index contributed by atoms with van der Waals surface area (Å²) in [4.78, 5) is 33.6. The topological polar surface area (TPSA) is 94.3 Å². The van der Waals surface area contributed by atoms with Crippen LogP contribution < -0.4 is 5.32 Å². The van der Waals surface area contributed by atoms with Crippen molar-refractivity contribution in [3.8, 4) is 10.6 Å². The standard InChI is InChI=1S/C20H15N3O4S/c1-11-15(20(25)26-2)16(19-22-12-7-3-4-9-14(12)28-19)18(27-11)23-17(24)13-8-5-6-10-21-13/h3-10H,1-2H3,(H,23,24). The van der Waals surface area contributed by atoms with E-state index in [4.69, 9.17) is 9.15 Å². The molecular weight excluding hydrogens is 378 g/mol. The second-order valence-corrected chi connectivity index (χ2v) is 6.92. The van der Waals surface area contributed by atoms with Crippen molar-refractivity contribution in [3.05, 3.63) is 65.7 Å². The molecule has 0 spiro atoms. The van der Waals surface area contributed by atoms with Crippen LogP contribution >= 0.6 is 11.3 Å². The van der Waals surface area contributed by atoms with E-state index < -0.39 is 11.9 Å². The van der Waals surface area contributed by atoms with E-state index in [9.17, 15) is 9.59 Å². The number of fused-ring (bicyclic) bond motifs is 1. The number of thiazole rings is 1. The molecule has 4 aromatic rings. The first kappa shape index (κ1) is 17.9. The van der Waals surface area contributed by atoms with E-state index in [2.05, 4.69) is 15.3 Å². The van der Waals surface area contributed by atoms with E-state index in [-0.39, 0.29) is 17.1 Å². The zero-order valence-electron chi connectivity index (χ0n) is 15.1. The smallest absolute Gasteiger partial charge is 0.342 e. The number of carbonyl (C=O) groups is 2. The Morgan fingerprint density at radius 2 is 1.93 bits per heavy atom. The van der Waals surface area contributed by atoms with Crippen molar-refractivity contribution in [1.82, 2.24) is 9.97 Å². The molecule has 7 nitrogen and oxygen atoms in total. The second-order valence-electron chi connectivity index (χ2n) is 5.88. The largest absolute Gasteiger partial charge is 0.465 e. The molecule has 0 aliphatic carbocycles. The van der Waals surface area contributed by atoms with Gasteiger partial charge in [0.1, 0.15) is 22.0 Å². The fourth-order valence-corrected chi connectivity index (χ4v) is 3.84. The van der Waals surface area contributed by atoms with Crippen LogP contribution in [0.2, 0.25) is 0 Å². The van der Waals surface area contributed by atoms with E-state index in [0.717, 1.165) is 10.2 Å². The van der Waals surface area contributed by atoms with E-state index in [1.807, 2.05) is 24.3 Å². The van der Waals surface area contributed by atoms with Crippen LogP contribution in [0.1, 0.15) is 26.6 Å². The number of hydrogen-bond donors (Lipinski definition) is 1. The number of hydrogen-bond acceptors (Lipinski definition) is 7. The summed E-state index contributed by atoms with van der Waals surface area (Å²) >= 11 is 1.40. The molecule has 3 aromatic heterocycles. The quantitative estimate of drug-likeness (QED) is 0.520. The Kier molecular flexibility index (Phi) is 4.62. The Hall–Kier alpha value is -3.52. The summed E-state index contributed by atoms with van der Waals surface area (Å²) < 4.78 is 11.6. The zero-order chi connectivity index (χ0) is 19.7. The predicted octanol–water partition coefficient (Wildman–Crippen LogP) is 4.30. The van der Waals surface area contributed by atoms with Crippen LogP contribution in [-0.4, -0.2) is 29.0 Å². The van der Waals surface area contributed by atoms with Crippen molar-refractivity contribution in [2.45, 2.75) is 6.92 Å². The van der Waals surface area contributed by atoms with Gasteiger partial charge in [-0.3, -0.25) is 15.1 Å². The number of nitrogens with one attached hydrogen (secondary N) is 1. The van der Waals surface area contributed by atoms with Crippen molar-refractivity contribution in [2.75, 3.05) is 12.4 Å². The minimum absolute atomic E-state index is 0.132. The predicted molar refractivity (Wildman–Crippen MR) is 106 cm³/mol. The SMILES string of the molecule is COC(=O)c1c(C)oc(NC(=O)c2ccccn2)c1-c1nc2ccccc2s1. The molecule has 8 heteroatoms. The number of aromatic nitrogens is 2. The van der Waals surface area contributed by atoms with Crippen LogP contribution in [0.3, 0.4) is 0 Å². The average molecular weight is 393 g/mol. The Morgan fingerprint density at radius 3 is 2.64 bits per heavy atom. The van der Waals surface area contributed by atoms with Crippen LogP contribution in [0.4, 0.5) is 5.88 Å². The number of aryl methyl sites for hydroxylation is 1. The van der Waals surface area contributed by atoms with Gasteiger partial charge in [-0.15, -0.1) is 11.3 Å². The van der Waals surface area contributed by atoms with Crippen LogP contribution in [0, 0.1) is 6.92 Å². The number of carbonyl (C=O) groups excluding carboxylic acids is 2. The van der Waals surface area contributed by atoms with Gasteiger partial charge in [0.2, 0.25) is 5.88 Å². The number of anilines is 1. The fourth-order valence-electron chi connectivity index (χ4n) is 2.83. The normalized spacial score (nSPS) is 10.8. The van der Waals surface area contributed by atoms with Gasteiger partial charge in [-0.2, -0.15) is 0 Å². The number of pyridine rings is 1. The lowest BCUT2D eigenvalue weighted by Gasteiger charge is -2.04. The fraction of sp³-hybridized carbons (Fsp3) is 0.100. The first-order valence-electron chi connectivity index (χ1n) is 8.38. The van der Waals surface area contributed by atoms with Crippen LogP contribution in [-0.2, 0) is 4.74 Å². The number of para-hydroxylation sites is 1. The summed E-state index contributed by atoms with van der Waals surface area (Å²) in [6.45, 7) is 1.64. The maximum atomic E-state index is 12.6. The zero-order valence-corrected chi connectivity index (χ0v) is 15.9. The molecule has 0 atom stereocenters. The lowest BCUT2D eigenvalue weighted by molar-refractivity contribution is 0.0599. The van der Waals surface area contributed by atoms with Gasteiger partial charge in [-0.05, 0) is 31.2 Å². The molecule has 0 unspecified atom stereocenters. The van der Waals surface area contributed by atoms with Crippen LogP contribution in [0.15, 0.2) is 53.1 Å². The van der Waals surface area contributed by atoms with Gasteiger partial charge in [0, 0.05) is 6.20 Å². The molecule has 0 aliphatic rings. The highest BCUT2D eigenvalue weighted by Crippen LogP contribution is 2.40. The molecule has 140 valence electrons. The monoisotopic (exact) mass is 393 g/mol. The second kappa shape index (κ2) is 7.24. The molecule has 0 saturated heterocycles. The Labute approximate surface area is 164 Å². The molecule has 28 heavy (non-hydrogen) atoms. The molecule has 0 fully saturated rings. The average Bonchev–Trinajstić information content (AvgIpc) is 3.28. The number of nitrogens with zero attached hydrogens (tertiary/aromatic N) is 2. The van der Waals surface area contributed by atoms with Gasteiger partial charge in [0.15, 0.2) is 0 Å². The van der Waals surface area contributed by atoms with Gasteiger partial charge in [-0.25, -0.2) is 9.78 Å². The van der Waals surface area contributed by atoms with Crippen LogP contribution in [0.25, 0.3) is 20.8 Å². The van der Waals surface area contributed by atoms with Gasteiger partial charge >= 0.3 is 5.97 Å². The van der Waals surface area contributed by atoms with E-state index in [0.29, 0.717) is 16.3 Å². The van der Waals surface area contributed by atoms with Crippen molar-refractivity contribution < 1.29 is 18.7 Å². The van der Waals surface area contributed by atoms with Gasteiger partial charge in [0.25, 0.3) is 5.91 Å². The molecule has 0 bridgehead atoms. The summed E-state index contributed by atoms with van der Waals surface area (Å²) in [7, 11) is 1.29. The maximum Gasteiger partial charge on any atom is 0.342 e. The molecular formula is C20H15N3O4S. The minimum Gasteiger partial charge on any atom is -0.465 e. The third-order valence-corrected chi connectivity index (χ3v) is 5.16. The van der Waals surface area contributed by atoms with E-state index in [1.165, 1.54) is 24.6 Å². The number of amides is 1. The number of methoxy groups -OCH3 is 1. The Bertz CT molecular complexity index is 1150. The van der Waals surface area contributed by atoms with E-state index >= 15 is 0 Å². The summed E-state index contributed by atoms with van der Waals surface area (Å²) in [5, 5.41) is 3.25. The van der Waals surface area contributed by atoms with Gasteiger partial charge in [0.05, 0.1) is 22.9 Å². The molecule has 0 radical (unpaired) electrons. The number of benzene rings is 1. The Balaban J connectivity index is 1.84. The molecule has 0 aliphatic heterocycles. The lowest BCUT2D eigenvalue weighted by Crippen LogP contribution is -2.13. The minimum atomic E-state index is -0.561. The molecule has 3 heterocycles. The third-order valence-electron chi connectivity index (χ3n) is 4.11. The highest BCUT2D eigenvalue weighted by atomic mass is 32.1. The summed E-state index contributed by atoms with van der Waals surface area (Å²) in [6.07, 6.45) is 1.52. The first-order chi connectivity index (χ1) is 13.6. The molecule has 1 amide bonds. The number of esters is 1. The molecule has 0 saturated carbocycles. The number of ether oxygens (including phenoxy) is 1. The molecule has 4 rings (SSSR count). The van der Waals surface area contributed by atoms with Crippen molar-refractivity contribution in [2.24, 2.45) is 0 Å². The lowest BCUT2D eigenvalue weighted by atomic mass is 10.1. The highest BCUT2D eigenvalue weighted by Gasteiger charge is 2.29. The maximum absolute atomic E-state index is 12.6. The van der Waals surface area contributed by atoms with Crippen molar-refractivity contribution >= 4 is 39.3 Å². The summed E-state index contributed by atoms with van der Waals surface area (Å²) in [6, 6.07) is 12.6. The number of furan rings is 1. The van der Waals surface area contributed by atoms with Crippen molar-refractivity contribution in [1.29, 1.82) is 0 Å². The highest BCUT2D eigenvalue weighted by molar-refractivity contribution is 7.21. The number of rotatable bonds is 4. The third kappa shape index (κ3) is 3.14. The van der Waals surface area contributed by atoms with E-state index in [1.54, 1.807) is 25.1 Å². The molecule has 1 N–H and O–H groups in total. The first-order valence-corrected chi connectivity index (χ1v) is 9.20.